The number of hydrogen-bond acceptors (Lipinski definition) is 5. The Balaban J connectivity index is 1.81. The molecule has 0 N–H and O–H groups in total. The van der Waals surface area contributed by atoms with Crippen molar-refractivity contribution in [3.05, 3.63) is 83.4 Å². The Morgan fingerprint density at radius 2 is 1.39 bits per heavy atom. The third kappa shape index (κ3) is 4.52. The fourth-order valence-corrected chi connectivity index (χ4v) is 3.60. The minimum absolute atomic E-state index is 0.0912. The van der Waals surface area contributed by atoms with Crippen LogP contribution >= 0.6 is 10.7 Å². The molecule has 0 aromatic heterocycles. The van der Waals surface area contributed by atoms with Crippen LogP contribution in [-0.2, 0) is 9.05 Å². The van der Waals surface area contributed by atoms with Crippen LogP contribution in [0.25, 0.3) is 0 Å². The molecule has 0 unspecified atom stereocenters. The highest BCUT2D eigenvalue weighted by atomic mass is 35.7. The molecule has 3 aromatic carbocycles. The molecule has 7 heteroatoms. The number of methoxy groups -OCH3 is 1. The van der Waals surface area contributed by atoms with Crippen LogP contribution in [0.1, 0.15) is 21.5 Å². The van der Waals surface area contributed by atoms with Crippen molar-refractivity contribution in [2.75, 3.05) is 7.11 Å². The lowest BCUT2D eigenvalue weighted by atomic mass is 10.0. The first-order valence-electron chi connectivity index (χ1n) is 8.30. The van der Waals surface area contributed by atoms with Gasteiger partial charge >= 0.3 is 0 Å². The SMILES string of the molecule is COc1ccc(Oc2ccc(C(=O)c3ccc(C)cc3)cc2)cc1S(=O)(=O)Cl. The van der Waals surface area contributed by atoms with Gasteiger partial charge in [0.15, 0.2) is 5.78 Å². The highest BCUT2D eigenvalue weighted by molar-refractivity contribution is 8.13. The van der Waals surface area contributed by atoms with E-state index < -0.39 is 9.05 Å². The minimum atomic E-state index is -3.99. The van der Waals surface area contributed by atoms with Gasteiger partial charge in [-0.25, -0.2) is 8.42 Å². The van der Waals surface area contributed by atoms with Crippen LogP contribution in [0.15, 0.2) is 71.6 Å². The van der Waals surface area contributed by atoms with E-state index in [-0.39, 0.29) is 22.2 Å². The summed E-state index contributed by atoms with van der Waals surface area (Å²) in [5, 5.41) is 0. The van der Waals surface area contributed by atoms with Crippen molar-refractivity contribution < 1.29 is 22.7 Å². The van der Waals surface area contributed by atoms with Gasteiger partial charge in [-0.2, -0.15) is 0 Å². The van der Waals surface area contributed by atoms with Gasteiger partial charge in [-0.05, 0) is 43.3 Å². The summed E-state index contributed by atoms with van der Waals surface area (Å²) in [5.41, 5.74) is 2.21. The van der Waals surface area contributed by atoms with E-state index >= 15 is 0 Å². The number of ketones is 1. The van der Waals surface area contributed by atoms with E-state index in [1.165, 1.54) is 19.2 Å². The molecule has 0 fully saturated rings. The van der Waals surface area contributed by atoms with Gasteiger partial charge < -0.3 is 9.47 Å². The van der Waals surface area contributed by atoms with Crippen molar-refractivity contribution in [2.45, 2.75) is 11.8 Å². The molecular formula is C21H17ClO5S. The minimum Gasteiger partial charge on any atom is -0.495 e. The number of ether oxygens (including phenoxy) is 2. The molecule has 0 radical (unpaired) electrons. The summed E-state index contributed by atoms with van der Waals surface area (Å²) < 4.78 is 34.1. The predicted molar refractivity (Wildman–Crippen MR) is 107 cm³/mol. The highest BCUT2D eigenvalue weighted by Gasteiger charge is 2.18. The van der Waals surface area contributed by atoms with E-state index in [1.807, 2.05) is 19.1 Å². The summed E-state index contributed by atoms with van der Waals surface area (Å²) >= 11 is 0. The fraction of sp³-hybridized carbons (Fsp3) is 0.0952. The van der Waals surface area contributed by atoms with E-state index in [2.05, 4.69) is 0 Å². The van der Waals surface area contributed by atoms with E-state index in [9.17, 15) is 13.2 Å². The molecule has 0 saturated heterocycles. The molecule has 5 nitrogen and oxygen atoms in total. The van der Waals surface area contributed by atoms with Crippen molar-refractivity contribution >= 4 is 25.5 Å². The Morgan fingerprint density at radius 3 is 1.93 bits per heavy atom. The van der Waals surface area contributed by atoms with Gasteiger partial charge in [0.25, 0.3) is 9.05 Å². The molecular weight excluding hydrogens is 400 g/mol. The molecule has 3 aromatic rings. The largest absolute Gasteiger partial charge is 0.495 e. The summed E-state index contributed by atoms with van der Waals surface area (Å²) in [6.45, 7) is 1.96. The molecule has 0 aliphatic carbocycles. The fourth-order valence-electron chi connectivity index (χ4n) is 2.59. The maximum Gasteiger partial charge on any atom is 0.265 e. The van der Waals surface area contributed by atoms with E-state index in [1.54, 1.807) is 42.5 Å². The zero-order chi connectivity index (χ0) is 20.3. The summed E-state index contributed by atoms with van der Waals surface area (Å²) in [4.78, 5) is 12.3. The van der Waals surface area contributed by atoms with Crippen LogP contribution in [-0.4, -0.2) is 21.3 Å². The molecule has 0 aliphatic rings. The van der Waals surface area contributed by atoms with Crippen molar-refractivity contribution in [1.82, 2.24) is 0 Å². The second-order valence-electron chi connectivity index (χ2n) is 6.07. The zero-order valence-corrected chi connectivity index (χ0v) is 16.8. The highest BCUT2D eigenvalue weighted by Crippen LogP contribution is 2.32. The van der Waals surface area contributed by atoms with Crippen molar-refractivity contribution in [2.24, 2.45) is 0 Å². The lowest BCUT2D eigenvalue weighted by Crippen LogP contribution is -2.01. The number of rotatable bonds is 6. The number of halogens is 1. The normalized spacial score (nSPS) is 11.1. The summed E-state index contributed by atoms with van der Waals surface area (Å²) in [7, 11) is 2.80. The van der Waals surface area contributed by atoms with Crippen LogP contribution < -0.4 is 9.47 Å². The Hall–Kier alpha value is -2.83. The van der Waals surface area contributed by atoms with Gasteiger partial charge in [0.2, 0.25) is 0 Å². The Bertz CT molecular complexity index is 1100. The summed E-state index contributed by atoms with van der Waals surface area (Å²) in [5.74, 6) is 0.758. The smallest absolute Gasteiger partial charge is 0.265 e. The Morgan fingerprint density at radius 1 is 0.857 bits per heavy atom. The van der Waals surface area contributed by atoms with Crippen molar-refractivity contribution in [3.8, 4) is 17.2 Å². The van der Waals surface area contributed by atoms with Gasteiger partial charge in [0, 0.05) is 27.9 Å². The molecule has 0 amide bonds. The van der Waals surface area contributed by atoms with Gasteiger partial charge in [-0.15, -0.1) is 0 Å². The summed E-state index contributed by atoms with van der Waals surface area (Å²) in [6, 6.07) is 18.2. The second-order valence-corrected chi connectivity index (χ2v) is 8.61. The number of carbonyl (C=O) groups excluding carboxylic acids is 1. The second kappa shape index (κ2) is 8.04. The molecule has 3 rings (SSSR count). The standard InChI is InChI=1S/C21H17ClO5S/c1-14-3-5-15(6-4-14)21(23)16-7-9-17(10-8-16)27-18-11-12-19(26-2)20(13-18)28(22,24)25/h3-13H,1-2H3. The van der Waals surface area contributed by atoms with Gasteiger partial charge in [-0.3, -0.25) is 4.79 Å². The number of benzene rings is 3. The molecule has 0 saturated carbocycles. The Labute approximate surface area is 167 Å². The zero-order valence-electron chi connectivity index (χ0n) is 15.2. The molecule has 28 heavy (non-hydrogen) atoms. The van der Waals surface area contributed by atoms with Gasteiger partial charge in [0.1, 0.15) is 22.1 Å². The lowest BCUT2D eigenvalue weighted by Gasteiger charge is -2.10. The van der Waals surface area contributed by atoms with Gasteiger partial charge in [-0.1, -0.05) is 29.8 Å². The van der Waals surface area contributed by atoms with Crippen molar-refractivity contribution in [3.63, 3.8) is 0 Å². The number of carbonyl (C=O) groups is 1. The summed E-state index contributed by atoms with van der Waals surface area (Å²) in [6.07, 6.45) is 0. The van der Waals surface area contributed by atoms with Crippen LogP contribution in [0.4, 0.5) is 0 Å². The maximum atomic E-state index is 12.5. The molecule has 0 heterocycles. The van der Waals surface area contributed by atoms with Crippen LogP contribution in [0.3, 0.4) is 0 Å². The van der Waals surface area contributed by atoms with E-state index in [4.69, 9.17) is 20.2 Å². The lowest BCUT2D eigenvalue weighted by molar-refractivity contribution is 0.103. The van der Waals surface area contributed by atoms with Crippen molar-refractivity contribution in [1.29, 1.82) is 0 Å². The third-order valence-electron chi connectivity index (χ3n) is 4.06. The van der Waals surface area contributed by atoms with Gasteiger partial charge in [0.05, 0.1) is 7.11 Å². The topological polar surface area (TPSA) is 69.7 Å². The number of aryl methyl sites for hydroxylation is 1. The Kier molecular flexibility index (Phi) is 5.72. The average Bonchev–Trinajstić information content (AvgIpc) is 2.68. The molecule has 0 spiro atoms. The average molecular weight is 417 g/mol. The molecule has 0 aliphatic heterocycles. The molecule has 144 valence electrons. The molecule has 0 atom stereocenters. The maximum absolute atomic E-state index is 12.5. The quantitative estimate of drug-likeness (QED) is 0.420. The van der Waals surface area contributed by atoms with Crippen LogP contribution in [0.5, 0.6) is 17.2 Å². The first kappa shape index (κ1) is 19.9. The number of hydrogen-bond donors (Lipinski definition) is 0. The third-order valence-corrected chi connectivity index (χ3v) is 5.41. The molecule has 0 bridgehead atoms. The predicted octanol–water partition coefficient (Wildman–Crippen LogP) is 4.95. The monoisotopic (exact) mass is 416 g/mol. The van der Waals surface area contributed by atoms with Crippen LogP contribution in [0.2, 0.25) is 0 Å². The first-order valence-corrected chi connectivity index (χ1v) is 10.6. The van der Waals surface area contributed by atoms with E-state index in [0.717, 1.165) is 5.56 Å². The van der Waals surface area contributed by atoms with Crippen LogP contribution in [0, 0.1) is 6.92 Å². The van der Waals surface area contributed by atoms with E-state index in [0.29, 0.717) is 16.9 Å². The first-order chi connectivity index (χ1) is 13.3.